The van der Waals surface area contributed by atoms with E-state index in [1.54, 1.807) is 7.11 Å². The number of allylic oxidation sites excluding steroid dienone is 2. The highest BCUT2D eigenvalue weighted by atomic mass is 35.5. The summed E-state index contributed by atoms with van der Waals surface area (Å²) in [5.41, 5.74) is 14.8. The number of imidazole rings is 1. The quantitative estimate of drug-likeness (QED) is 0.316. The molecule has 0 radical (unpaired) electrons. The topological polar surface area (TPSA) is 147 Å². The number of nitrogens with one attached hydrogen (secondary N) is 1. The van der Waals surface area contributed by atoms with Crippen LogP contribution < -0.4 is 16.2 Å². The average Bonchev–Trinajstić information content (AvgIpc) is 3.37. The van der Waals surface area contributed by atoms with Crippen LogP contribution in [0.1, 0.15) is 32.3 Å². The maximum atomic E-state index is 10.7. The number of methoxy groups -OCH3 is 1. The van der Waals surface area contributed by atoms with E-state index in [1.165, 1.54) is 11.8 Å². The average molecular weight is 570 g/mol. The highest BCUT2D eigenvalue weighted by molar-refractivity contribution is 6.34. The molecular formula is C29H40ClN7O3. The fourth-order valence-corrected chi connectivity index (χ4v) is 5.35. The molecule has 1 aliphatic carbocycles. The molecule has 3 atom stereocenters. The Morgan fingerprint density at radius 3 is 2.62 bits per heavy atom. The van der Waals surface area contributed by atoms with Gasteiger partial charge in [0.2, 0.25) is 5.91 Å². The van der Waals surface area contributed by atoms with E-state index >= 15 is 0 Å². The number of benzene rings is 1. The molecule has 40 heavy (non-hydrogen) atoms. The van der Waals surface area contributed by atoms with Crippen molar-refractivity contribution in [1.82, 2.24) is 24.8 Å². The minimum absolute atomic E-state index is 0.0833. The van der Waals surface area contributed by atoms with Crippen molar-refractivity contribution in [3.05, 3.63) is 47.1 Å². The number of nitrogens with zero attached hydrogens (tertiary/aromatic N) is 4. The number of primary amides is 1. The van der Waals surface area contributed by atoms with Crippen molar-refractivity contribution in [3.8, 4) is 17.1 Å². The fourth-order valence-electron chi connectivity index (χ4n) is 5.20. The number of anilines is 1. The summed E-state index contributed by atoms with van der Waals surface area (Å²) in [6.45, 7) is 9.42. The molecule has 3 aromatic rings. The Hall–Kier alpha value is -3.18. The third-order valence-electron chi connectivity index (χ3n) is 7.37. The highest BCUT2D eigenvalue weighted by Gasteiger charge is 2.20. The molecule has 5 rings (SSSR count). The van der Waals surface area contributed by atoms with Gasteiger partial charge < -0.3 is 26.3 Å². The second-order valence-electron chi connectivity index (χ2n) is 10.7. The molecule has 1 fully saturated rings. The second-order valence-corrected chi connectivity index (χ2v) is 11.1. The van der Waals surface area contributed by atoms with Crippen molar-refractivity contribution in [3.63, 3.8) is 0 Å². The lowest BCUT2D eigenvalue weighted by Crippen LogP contribution is -2.47. The minimum Gasteiger partial charge on any atom is -0.496 e. The number of fused-ring (bicyclic) bond motifs is 1. The first-order chi connectivity index (χ1) is 19.1. The number of amides is 1. The molecule has 1 amide bonds. The normalized spacial score (nSPS) is 20.6. The van der Waals surface area contributed by atoms with E-state index in [0.717, 1.165) is 63.4 Å². The summed E-state index contributed by atoms with van der Waals surface area (Å²) in [5, 5.41) is 9.96. The lowest BCUT2D eigenvalue weighted by atomic mass is 9.87. The number of pyridine rings is 1. The number of hydrogen-bond acceptors (Lipinski definition) is 8. The van der Waals surface area contributed by atoms with Gasteiger partial charge in [-0.25, -0.2) is 9.97 Å². The monoisotopic (exact) mass is 569 g/mol. The van der Waals surface area contributed by atoms with Gasteiger partial charge in [0.25, 0.3) is 0 Å². The van der Waals surface area contributed by atoms with Crippen LogP contribution in [0.25, 0.3) is 22.6 Å². The lowest BCUT2D eigenvalue weighted by Gasteiger charge is -2.35. The van der Waals surface area contributed by atoms with Crippen molar-refractivity contribution in [2.75, 3.05) is 45.6 Å². The van der Waals surface area contributed by atoms with Gasteiger partial charge in [0.05, 0.1) is 35.7 Å². The fraction of sp³-hybridized carbons (Fsp3) is 0.483. The molecule has 1 aliphatic heterocycles. The molecule has 216 valence electrons. The van der Waals surface area contributed by atoms with Crippen LogP contribution in [0.4, 0.5) is 5.69 Å². The SMILES string of the molecule is COc1cc(CN2CCN(CC(C)O)CC2)ccc1-c1nc2ncc(Cl)c(N)c2[nH]1.C[C@@H]1C=CC[C@H](C(N)=O)C1. The van der Waals surface area contributed by atoms with Crippen LogP contribution in [-0.4, -0.2) is 81.7 Å². The van der Waals surface area contributed by atoms with Crippen molar-refractivity contribution in [2.24, 2.45) is 17.6 Å². The number of nitrogens with two attached hydrogens (primary N) is 2. The number of piperazine rings is 1. The summed E-state index contributed by atoms with van der Waals surface area (Å²) < 4.78 is 5.65. The molecule has 2 aliphatic rings. The second kappa shape index (κ2) is 13.5. The lowest BCUT2D eigenvalue weighted by molar-refractivity contribution is -0.122. The van der Waals surface area contributed by atoms with Gasteiger partial charge in [-0.2, -0.15) is 0 Å². The zero-order valence-corrected chi connectivity index (χ0v) is 24.2. The molecule has 6 N–H and O–H groups in total. The summed E-state index contributed by atoms with van der Waals surface area (Å²) in [4.78, 5) is 27.4. The number of aromatic nitrogens is 3. The third kappa shape index (κ3) is 7.51. The largest absolute Gasteiger partial charge is 0.496 e. The number of aromatic amines is 1. The van der Waals surface area contributed by atoms with Crippen LogP contribution >= 0.6 is 11.6 Å². The molecule has 0 bridgehead atoms. The Labute approximate surface area is 240 Å². The molecule has 1 saturated heterocycles. The summed E-state index contributed by atoms with van der Waals surface area (Å²) in [6.07, 6.45) is 7.16. The number of aliphatic hydroxyl groups is 1. The smallest absolute Gasteiger partial charge is 0.220 e. The van der Waals surface area contributed by atoms with Gasteiger partial charge in [0.15, 0.2) is 5.65 Å². The van der Waals surface area contributed by atoms with Crippen molar-refractivity contribution >= 4 is 34.4 Å². The van der Waals surface area contributed by atoms with Crippen LogP contribution in [0.3, 0.4) is 0 Å². The van der Waals surface area contributed by atoms with E-state index in [0.29, 0.717) is 33.6 Å². The maximum absolute atomic E-state index is 10.7. The highest BCUT2D eigenvalue weighted by Crippen LogP contribution is 2.33. The summed E-state index contributed by atoms with van der Waals surface area (Å²) in [5.74, 6) is 1.83. The predicted molar refractivity (Wildman–Crippen MR) is 159 cm³/mol. The Kier molecular flexibility index (Phi) is 10.0. The van der Waals surface area contributed by atoms with Gasteiger partial charge in [-0.05, 0) is 43.4 Å². The van der Waals surface area contributed by atoms with Crippen LogP contribution in [-0.2, 0) is 11.3 Å². The Bertz CT molecular complexity index is 1330. The Morgan fingerprint density at radius 1 is 1.27 bits per heavy atom. The third-order valence-corrected chi connectivity index (χ3v) is 7.67. The van der Waals surface area contributed by atoms with Crippen LogP contribution in [0.5, 0.6) is 5.75 Å². The molecular weight excluding hydrogens is 530 g/mol. The minimum atomic E-state index is -0.284. The molecule has 11 heteroatoms. The van der Waals surface area contributed by atoms with E-state index in [1.807, 2.05) is 19.1 Å². The van der Waals surface area contributed by atoms with E-state index < -0.39 is 0 Å². The zero-order chi connectivity index (χ0) is 28.8. The number of H-pyrrole nitrogens is 1. The molecule has 10 nitrogen and oxygen atoms in total. The van der Waals surface area contributed by atoms with Crippen molar-refractivity contribution < 1.29 is 14.6 Å². The van der Waals surface area contributed by atoms with Gasteiger partial charge >= 0.3 is 0 Å². The number of carbonyl (C=O) groups is 1. The van der Waals surface area contributed by atoms with E-state index in [4.69, 9.17) is 27.8 Å². The van der Waals surface area contributed by atoms with Crippen LogP contribution in [0.2, 0.25) is 5.02 Å². The number of halogens is 1. The number of hydrogen-bond donors (Lipinski definition) is 4. The predicted octanol–water partition coefficient (Wildman–Crippen LogP) is 3.44. The number of β-amino-alcohol motifs (C(OH)–C–C–N with tert-alkyl or cyclic N) is 1. The first kappa shape index (κ1) is 29.8. The molecule has 1 unspecified atom stereocenters. The summed E-state index contributed by atoms with van der Waals surface area (Å²) >= 11 is 6.07. The van der Waals surface area contributed by atoms with E-state index in [-0.39, 0.29) is 17.9 Å². The molecule has 2 aromatic heterocycles. The number of rotatable bonds is 7. The zero-order valence-electron chi connectivity index (χ0n) is 23.4. The summed E-state index contributed by atoms with van der Waals surface area (Å²) in [7, 11) is 1.66. The van der Waals surface area contributed by atoms with Crippen LogP contribution in [0.15, 0.2) is 36.5 Å². The van der Waals surface area contributed by atoms with Crippen molar-refractivity contribution in [1.29, 1.82) is 0 Å². The number of ether oxygens (including phenoxy) is 1. The van der Waals surface area contributed by atoms with Gasteiger partial charge in [0, 0.05) is 45.2 Å². The van der Waals surface area contributed by atoms with Gasteiger partial charge in [-0.1, -0.05) is 36.7 Å². The van der Waals surface area contributed by atoms with Crippen molar-refractivity contribution in [2.45, 2.75) is 39.3 Å². The standard InChI is InChI=1S/C21H27ClN6O2.C8H13NO/c1-13(29)11-27-5-7-28(8-6-27)12-14-3-4-15(17(9-14)30-2)20-25-19-18(23)16(22)10-24-21(19)26-20;1-6-3-2-4-7(5-6)8(9)10/h3-4,9-10,13,29H,5-8,11-12H2,1-2H3,(H3,23,24,25,26);2-3,6-7H,4-5H2,1H3,(H2,9,10)/t;6-,7+/m.1/s1. The maximum Gasteiger partial charge on any atom is 0.220 e. The van der Waals surface area contributed by atoms with Gasteiger partial charge in [-0.3, -0.25) is 14.6 Å². The number of nitrogen functional groups attached to an aromatic ring is 1. The number of aliphatic hydroxyl groups excluding tert-OH is 1. The Morgan fingerprint density at radius 2 is 2.00 bits per heavy atom. The van der Waals surface area contributed by atoms with E-state index in [9.17, 15) is 9.90 Å². The summed E-state index contributed by atoms with van der Waals surface area (Å²) in [6, 6.07) is 6.15. The van der Waals surface area contributed by atoms with E-state index in [2.05, 4.69) is 49.9 Å². The molecule has 0 saturated carbocycles. The van der Waals surface area contributed by atoms with Gasteiger partial charge in [-0.15, -0.1) is 0 Å². The first-order valence-corrected chi connectivity index (χ1v) is 14.1. The Balaban J connectivity index is 0.000000312. The van der Waals surface area contributed by atoms with Gasteiger partial charge in [0.1, 0.15) is 17.1 Å². The molecule has 3 heterocycles. The molecule has 0 spiro atoms. The first-order valence-electron chi connectivity index (χ1n) is 13.7. The van der Waals surface area contributed by atoms with Crippen LogP contribution in [0, 0.1) is 11.8 Å². The molecule has 1 aromatic carbocycles. The number of carbonyl (C=O) groups excluding carboxylic acids is 1.